The molecule has 1 N–H and O–H groups in total. The van der Waals surface area contributed by atoms with E-state index in [1.807, 2.05) is 0 Å². The van der Waals surface area contributed by atoms with Gasteiger partial charge in [-0.15, -0.1) is 0 Å². The molecule has 3 rings (SSSR count). The Hall–Kier alpha value is -1.88. The van der Waals surface area contributed by atoms with Crippen LogP contribution < -0.4 is 11.1 Å². The number of aryl methyl sites for hydroxylation is 1. The number of aromatic nitrogens is 1. The van der Waals surface area contributed by atoms with Crippen molar-refractivity contribution in [2.45, 2.75) is 6.42 Å². The number of oxazole rings is 1. The van der Waals surface area contributed by atoms with E-state index in [1.54, 1.807) is 25.2 Å². The minimum Gasteiger partial charge on any atom is -0.408 e. The smallest absolute Gasteiger partial charge is 0.408 e. The highest BCUT2D eigenvalue weighted by Gasteiger charge is 2.24. The van der Waals surface area contributed by atoms with Crippen molar-refractivity contribution in [3.05, 3.63) is 34.3 Å². The van der Waals surface area contributed by atoms with E-state index in [9.17, 15) is 9.59 Å². The summed E-state index contributed by atoms with van der Waals surface area (Å²) >= 11 is 0. The maximum atomic E-state index is 12.3. The lowest BCUT2D eigenvalue weighted by molar-refractivity contribution is 0.0930. The number of ketones is 1. The van der Waals surface area contributed by atoms with Crippen LogP contribution in [0.4, 0.5) is 0 Å². The van der Waals surface area contributed by atoms with Gasteiger partial charge >= 0.3 is 5.76 Å². The fraction of sp³-hybridized carbons (Fsp3) is 0.385. The van der Waals surface area contributed by atoms with Gasteiger partial charge in [0.15, 0.2) is 11.4 Å². The molecule has 1 unspecified atom stereocenters. The third kappa shape index (κ3) is 1.67. The summed E-state index contributed by atoms with van der Waals surface area (Å²) in [4.78, 5) is 23.6. The highest BCUT2D eigenvalue weighted by molar-refractivity contribution is 6.00. The summed E-state index contributed by atoms with van der Waals surface area (Å²) in [6, 6.07) is 5.15. The van der Waals surface area contributed by atoms with E-state index >= 15 is 0 Å². The van der Waals surface area contributed by atoms with E-state index in [-0.39, 0.29) is 11.7 Å². The van der Waals surface area contributed by atoms with Gasteiger partial charge in [0.2, 0.25) is 0 Å². The number of carbonyl (C=O) groups excluding carboxylic acids is 1. The van der Waals surface area contributed by atoms with E-state index in [1.165, 1.54) is 4.57 Å². The third-order valence-electron chi connectivity index (χ3n) is 3.51. The molecule has 0 amide bonds. The van der Waals surface area contributed by atoms with Crippen molar-refractivity contribution in [1.82, 2.24) is 9.88 Å². The number of benzene rings is 1. The van der Waals surface area contributed by atoms with Crippen LogP contribution in [0.2, 0.25) is 0 Å². The van der Waals surface area contributed by atoms with Crippen molar-refractivity contribution < 1.29 is 9.21 Å². The van der Waals surface area contributed by atoms with Crippen molar-refractivity contribution in [2.24, 2.45) is 13.0 Å². The Morgan fingerprint density at radius 2 is 2.33 bits per heavy atom. The molecular weight excluding hydrogens is 232 g/mol. The number of hydrogen-bond donors (Lipinski definition) is 1. The SMILES string of the molecule is Cn1c(=O)oc2ccc(C(=O)C3CCNC3)cc21. The molecular formula is C13H14N2O3. The first-order valence-corrected chi connectivity index (χ1v) is 6.01. The standard InChI is InChI=1S/C13H14N2O3/c1-15-10-6-8(2-3-11(10)18-13(15)17)12(16)9-4-5-14-7-9/h2-3,6,9,14H,4-5,7H2,1H3. The summed E-state index contributed by atoms with van der Waals surface area (Å²) < 4.78 is 6.46. The van der Waals surface area contributed by atoms with Gasteiger partial charge in [-0.2, -0.15) is 0 Å². The quantitative estimate of drug-likeness (QED) is 0.800. The molecule has 2 aromatic rings. The molecule has 0 radical (unpaired) electrons. The highest BCUT2D eigenvalue weighted by Crippen LogP contribution is 2.19. The zero-order valence-corrected chi connectivity index (χ0v) is 10.1. The molecule has 5 nitrogen and oxygen atoms in total. The van der Waals surface area contributed by atoms with E-state index in [0.717, 1.165) is 19.5 Å². The van der Waals surface area contributed by atoms with Gasteiger partial charge in [-0.05, 0) is 31.2 Å². The van der Waals surface area contributed by atoms with Crippen LogP contribution >= 0.6 is 0 Å². The van der Waals surface area contributed by atoms with Gasteiger partial charge in [0.1, 0.15) is 0 Å². The maximum absolute atomic E-state index is 12.3. The van der Waals surface area contributed by atoms with Gasteiger partial charge in [-0.3, -0.25) is 9.36 Å². The predicted molar refractivity (Wildman–Crippen MR) is 66.8 cm³/mol. The largest absolute Gasteiger partial charge is 0.419 e. The van der Waals surface area contributed by atoms with E-state index in [2.05, 4.69) is 5.32 Å². The summed E-state index contributed by atoms with van der Waals surface area (Å²) in [5, 5.41) is 3.18. The van der Waals surface area contributed by atoms with Crippen LogP contribution in [0.25, 0.3) is 11.1 Å². The molecule has 1 fully saturated rings. The lowest BCUT2D eigenvalue weighted by Crippen LogP contribution is -2.18. The molecule has 0 saturated carbocycles. The van der Waals surface area contributed by atoms with Crippen LogP contribution in [-0.4, -0.2) is 23.4 Å². The molecule has 2 heterocycles. The fourth-order valence-corrected chi connectivity index (χ4v) is 2.39. The molecule has 0 spiro atoms. The second-order valence-corrected chi connectivity index (χ2v) is 4.66. The molecule has 0 aliphatic carbocycles. The Morgan fingerprint density at radius 3 is 3.06 bits per heavy atom. The Balaban J connectivity index is 2.04. The highest BCUT2D eigenvalue weighted by atomic mass is 16.4. The van der Waals surface area contributed by atoms with Gasteiger partial charge in [-0.25, -0.2) is 4.79 Å². The van der Waals surface area contributed by atoms with Crippen LogP contribution in [0, 0.1) is 5.92 Å². The van der Waals surface area contributed by atoms with Gasteiger partial charge in [0, 0.05) is 25.1 Å². The molecule has 0 bridgehead atoms. The average Bonchev–Trinajstić information content (AvgIpc) is 2.99. The van der Waals surface area contributed by atoms with Gasteiger partial charge in [0.25, 0.3) is 0 Å². The van der Waals surface area contributed by atoms with Crippen LogP contribution in [0.1, 0.15) is 16.8 Å². The summed E-state index contributed by atoms with van der Waals surface area (Å²) in [6.45, 7) is 1.63. The Bertz CT molecular complexity index is 662. The number of rotatable bonds is 2. The zero-order valence-electron chi connectivity index (χ0n) is 10.1. The first-order valence-electron chi connectivity index (χ1n) is 6.01. The van der Waals surface area contributed by atoms with E-state index in [0.29, 0.717) is 16.7 Å². The summed E-state index contributed by atoms with van der Waals surface area (Å²) in [5.74, 6) is -0.223. The Kier molecular flexibility index (Phi) is 2.56. The van der Waals surface area contributed by atoms with Crippen molar-refractivity contribution >= 4 is 16.9 Å². The molecule has 5 heteroatoms. The minimum absolute atomic E-state index is 0.0476. The topological polar surface area (TPSA) is 64.2 Å². The van der Waals surface area contributed by atoms with Crippen molar-refractivity contribution in [2.75, 3.05) is 13.1 Å². The number of hydrogen-bond acceptors (Lipinski definition) is 4. The average molecular weight is 246 g/mol. The lowest BCUT2D eigenvalue weighted by atomic mass is 9.97. The number of nitrogens with zero attached hydrogens (tertiary/aromatic N) is 1. The second kappa shape index (κ2) is 4.10. The van der Waals surface area contributed by atoms with E-state index in [4.69, 9.17) is 4.42 Å². The number of nitrogens with one attached hydrogen (secondary N) is 1. The zero-order chi connectivity index (χ0) is 12.7. The lowest BCUT2D eigenvalue weighted by Gasteiger charge is -2.07. The van der Waals surface area contributed by atoms with Crippen molar-refractivity contribution in [3.8, 4) is 0 Å². The monoisotopic (exact) mass is 246 g/mol. The fourth-order valence-electron chi connectivity index (χ4n) is 2.39. The second-order valence-electron chi connectivity index (χ2n) is 4.66. The molecule has 1 aromatic carbocycles. The van der Waals surface area contributed by atoms with Crippen LogP contribution in [0.3, 0.4) is 0 Å². The predicted octanol–water partition coefficient (Wildman–Crippen LogP) is 0.924. The molecule has 1 saturated heterocycles. The first kappa shape index (κ1) is 11.2. The Morgan fingerprint density at radius 1 is 1.50 bits per heavy atom. The maximum Gasteiger partial charge on any atom is 0.419 e. The minimum atomic E-state index is -0.405. The summed E-state index contributed by atoms with van der Waals surface area (Å²) in [5.41, 5.74) is 1.83. The molecule has 94 valence electrons. The van der Waals surface area contributed by atoms with Crippen LogP contribution in [0.15, 0.2) is 27.4 Å². The molecule has 1 atom stereocenters. The Labute approximate surface area is 103 Å². The normalized spacial score (nSPS) is 19.5. The number of fused-ring (bicyclic) bond motifs is 1. The van der Waals surface area contributed by atoms with Gasteiger partial charge < -0.3 is 9.73 Å². The summed E-state index contributed by atoms with van der Waals surface area (Å²) in [7, 11) is 1.64. The molecule has 1 aliphatic rings. The molecule has 1 aromatic heterocycles. The number of carbonyl (C=O) groups is 1. The first-order chi connectivity index (χ1) is 8.66. The van der Waals surface area contributed by atoms with Gasteiger partial charge in [-0.1, -0.05) is 0 Å². The third-order valence-corrected chi connectivity index (χ3v) is 3.51. The van der Waals surface area contributed by atoms with Crippen LogP contribution in [-0.2, 0) is 7.05 Å². The van der Waals surface area contributed by atoms with Crippen molar-refractivity contribution in [3.63, 3.8) is 0 Å². The van der Waals surface area contributed by atoms with Gasteiger partial charge in [0.05, 0.1) is 5.52 Å². The number of Topliss-reactive ketones (excluding diaryl/α,β-unsaturated/α-hetero) is 1. The summed E-state index contributed by atoms with van der Waals surface area (Å²) in [6.07, 6.45) is 0.876. The molecule has 1 aliphatic heterocycles. The van der Waals surface area contributed by atoms with E-state index < -0.39 is 5.76 Å². The molecule has 18 heavy (non-hydrogen) atoms. The van der Waals surface area contributed by atoms with Crippen molar-refractivity contribution in [1.29, 1.82) is 0 Å². The van der Waals surface area contributed by atoms with Crippen LogP contribution in [0.5, 0.6) is 0 Å².